The van der Waals surface area contributed by atoms with Crippen molar-refractivity contribution in [3.8, 4) is 17.4 Å². The summed E-state index contributed by atoms with van der Waals surface area (Å²) in [5, 5.41) is 0. The zero-order chi connectivity index (χ0) is 15.6. The highest BCUT2D eigenvalue weighted by Crippen LogP contribution is 2.35. The minimum absolute atomic E-state index is 0.135. The van der Waals surface area contributed by atoms with Crippen LogP contribution in [-0.4, -0.2) is 26.0 Å². The minimum Gasteiger partial charge on any atom is -0.461 e. The number of pyridine rings is 1. The zero-order valence-electron chi connectivity index (χ0n) is 11.2. The van der Waals surface area contributed by atoms with E-state index in [1.54, 1.807) is 13.8 Å². The third kappa shape index (κ3) is 3.56. The summed E-state index contributed by atoms with van der Waals surface area (Å²) in [6, 6.07) is 0.711. The Bertz CT molecular complexity index is 645. The number of anilines is 1. The van der Waals surface area contributed by atoms with E-state index in [2.05, 4.69) is 19.9 Å². The van der Waals surface area contributed by atoms with Crippen molar-refractivity contribution in [2.45, 2.75) is 26.1 Å². The lowest BCUT2D eigenvalue weighted by Crippen LogP contribution is -2.13. The van der Waals surface area contributed by atoms with Crippen LogP contribution < -0.4 is 10.5 Å². The Kier molecular flexibility index (Phi) is 3.92. The quantitative estimate of drug-likeness (QED) is 0.936. The van der Waals surface area contributed by atoms with Crippen LogP contribution in [0.2, 0.25) is 0 Å². The van der Waals surface area contributed by atoms with E-state index >= 15 is 0 Å². The fourth-order valence-corrected chi connectivity index (χ4v) is 1.58. The number of nitrogen functional groups attached to an aromatic ring is 1. The van der Waals surface area contributed by atoms with E-state index in [9.17, 15) is 13.2 Å². The Morgan fingerprint density at radius 3 is 2.52 bits per heavy atom. The molecule has 2 aromatic rings. The summed E-state index contributed by atoms with van der Waals surface area (Å²) >= 11 is 0. The van der Waals surface area contributed by atoms with Gasteiger partial charge in [0.05, 0.1) is 17.2 Å². The van der Waals surface area contributed by atoms with Gasteiger partial charge < -0.3 is 10.5 Å². The molecular weight excluding hydrogens is 287 g/mol. The molecule has 0 radical (unpaired) electrons. The number of nitrogens with zero attached hydrogens (tertiary/aromatic N) is 4. The predicted octanol–water partition coefficient (Wildman–Crippen LogP) is 2.32. The van der Waals surface area contributed by atoms with Gasteiger partial charge in [0.25, 0.3) is 0 Å². The molecule has 0 aliphatic carbocycles. The van der Waals surface area contributed by atoms with Gasteiger partial charge >= 0.3 is 12.2 Å². The number of rotatable bonds is 3. The Labute approximate surface area is 118 Å². The summed E-state index contributed by atoms with van der Waals surface area (Å²) < 4.78 is 44.2. The average molecular weight is 299 g/mol. The maximum atomic E-state index is 13.0. The van der Waals surface area contributed by atoms with E-state index in [0.29, 0.717) is 0 Å². The van der Waals surface area contributed by atoms with Gasteiger partial charge in [0.2, 0.25) is 5.95 Å². The summed E-state index contributed by atoms with van der Waals surface area (Å²) in [6.07, 6.45) is -2.74. The molecule has 2 rings (SSSR count). The maximum Gasteiger partial charge on any atom is 0.417 e. The number of aromatic nitrogens is 4. The fourth-order valence-electron chi connectivity index (χ4n) is 1.58. The van der Waals surface area contributed by atoms with E-state index in [1.165, 1.54) is 0 Å². The highest BCUT2D eigenvalue weighted by molar-refractivity contribution is 5.60. The van der Waals surface area contributed by atoms with Crippen molar-refractivity contribution in [2.75, 3.05) is 5.73 Å². The van der Waals surface area contributed by atoms with Gasteiger partial charge in [0, 0.05) is 12.4 Å². The first-order chi connectivity index (χ1) is 9.77. The average Bonchev–Trinajstić information content (AvgIpc) is 2.36. The van der Waals surface area contributed by atoms with Crippen LogP contribution in [0.5, 0.6) is 6.01 Å². The van der Waals surface area contributed by atoms with Crippen LogP contribution in [0.1, 0.15) is 19.4 Å². The first-order valence-corrected chi connectivity index (χ1v) is 5.97. The van der Waals surface area contributed by atoms with E-state index in [0.717, 1.165) is 18.5 Å². The lowest BCUT2D eigenvalue weighted by molar-refractivity contribution is -0.137. The molecule has 6 nitrogen and oxygen atoms in total. The van der Waals surface area contributed by atoms with E-state index in [1.807, 2.05) is 0 Å². The Morgan fingerprint density at radius 2 is 1.90 bits per heavy atom. The van der Waals surface area contributed by atoms with Crippen molar-refractivity contribution in [3.63, 3.8) is 0 Å². The molecule has 0 aliphatic heterocycles. The number of hydrogen-bond acceptors (Lipinski definition) is 6. The van der Waals surface area contributed by atoms with Crippen LogP contribution in [0, 0.1) is 0 Å². The molecule has 2 heterocycles. The number of halogens is 3. The lowest BCUT2D eigenvalue weighted by Gasteiger charge is -2.12. The summed E-state index contributed by atoms with van der Waals surface area (Å²) in [7, 11) is 0. The van der Waals surface area contributed by atoms with E-state index < -0.39 is 11.7 Å². The van der Waals surface area contributed by atoms with Crippen molar-refractivity contribution in [3.05, 3.63) is 24.0 Å². The minimum atomic E-state index is -4.56. The third-order valence-corrected chi connectivity index (χ3v) is 2.34. The van der Waals surface area contributed by atoms with Gasteiger partial charge in [-0.3, -0.25) is 4.98 Å². The Morgan fingerprint density at radius 1 is 1.19 bits per heavy atom. The van der Waals surface area contributed by atoms with Crippen molar-refractivity contribution in [1.29, 1.82) is 0 Å². The Balaban J connectivity index is 2.55. The van der Waals surface area contributed by atoms with Crippen molar-refractivity contribution in [2.24, 2.45) is 0 Å². The summed E-state index contributed by atoms with van der Waals surface area (Å²) in [6.45, 7) is 3.45. The molecule has 9 heteroatoms. The molecule has 21 heavy (non-hydrogen) atoms. The van der Waals surface area contributed by atoms with Gasteiger partial charge in [-0.25, -0.2) is 0 Å². The van der Waals surface area contributed by atoms with E-state index in [-0.39, 0.29) is 29.5 Å². The molecule has 2 aromatic heterocycles. The first kappa shape index (κ1) is 14.9. The van der Waals surface area contributed by atoms with Crippen LogP contribution in [0.3, 0.4) is 0 Å². The molecule has 0 saturated carbocycles. The molecule has 0 bridgehead atoms. The summed E-state index contributed by atoms with van der Waals surface area (Å²) in [4.78, 5) is 15.0. The highest BCUT2D eigenvalue weighted by Gasteiger charge is 2.34. The van der Waals surface area contributed by atoms with Gasteiger partial charge in [-0.15, -0.1) is 0 Å². The fraction of sp³-hybridized carbons (Fsp3) is 0.333. The van der Waals surface area contributed by atoms with Crippen LogP contribution in [0.4, 0.5) is 19.1 Å². The molecule has 0 aliphatic rings. The monoisotopic (exact) mass is 299 g/mol. The molecule has 0 saturated heterocycles. The van der Waals surface area contributed by atoms with E-state index in [4.69, 9.17) is 10.5 Å². The molecule has 0 atom stereocenters. The second-order valence-electron chi connectivity index (χ2n) is 4.39. The summed E-state index contributed by atoms with van der Waals surface area (Å²) in [5.41, 5.74) is 4.30. The smallest absolute Gasteiger partial charge is 0.417 e. The number of ether oxygens (including phenoxy) is 1. The highest BCUT2D eigenvalue weighted by atomic mass is 19.4. The van der Waals surface area contributed by atoms with Crippen molar-refractivity contribution >= 4 is 5.95 Å². The standard InChI is InChI=1S/C12H12F3N5O/c1-6(2)21-11-19-9(18-10(16)20-11)7-5-17-4-3-8(7)12(13,14)15/h3-6H,1-2H3,(H2,16,18,19,20). The van der Waals surface area contributed by atoms with Crippen LogP contribution in [0.25, 0.3) is 11.4 Å². The molecule has 0 unspecified atom stereocenters. The second kappa shape index (κ2) is 5.51. The molecule has 0 aromatic carbocycles. The van der Waals surface area contributed by atoms with Crippen LogP contribution in [-0.2, 0) is 6.18 Å². The van der Waals surface area contributed by atoms with Crippen molar-refractivity contribution in [1.82, 2.24) is 19.9 Å². The van der Waals surface area contributed by atoms with Gasteiger partial charge in [-0.1, -0.05) is 0 Å². The lowest BCUT2D eigenvalue weighted by atomic mass is 10.1. The van der Waals surface area contributed by atoms with Gasteiger partial charge in [0.15, 0.2) is 5.82 Å². The topological polar surface area (TPSA) is 86.8 Å². The van der Waals surface area contributed by atoms with Crippen molar-refractivity contribution < 1.29 is 17.9 Å². The molecule has 112 valence electrons. The second-order valence-corrected chi connectivity index (χ2v) is 4.39. The first-order valence-electron chi connectivity index (χ1n) is 5.97. The van der Waals surface area contributed by atoms with Gasteiger partial charge in [-0.05, 0) is 19.9 Å². The SMILES string of the molecule is CC(C)Oc1nc(N)nc(-c2cnccc2C(F)(F)F)n1. The normalized spacial score (nSPS) is 11.7. The zero-order valence-corrected chi connectivity index (χ0v) is 11.2. The molecular formula is C12H12F3N5O. The number of nitrogens with two attached hydrogens (primary N) is 1. The van der Waals surface area contributed by atoms with Gasteiger partial charge in [0.1, 0.15) is 0 Å². The van der Waals surface area contributed by atoms with Gasteiger partial charge in [-0.2, -0.15) is 28.1 Å². The molecule has 2 N–H and O–H groups in total. The molecule has 0 amide bonds. The van der Waals surface area contributed by atoms with Crippen LogP contribution in [0.15, 0.2) is 18.5 Å². The predicted molar refractivity (Wildman–Crippen MR) is 68.2 cm³/mol. The maximum absolute atomic E-state index is 13.0. The number of alkyl halides is 3. The largest absolute Gasteiger partial charge is 0.461 e. The van der Waals surface area contributed by atoms with Crippen LogP contribution >= 0.6 is 0 Å². The summed E-state index contributed by atoms with van der Waals surface area (Å²) in [5.74, 6) is -0.466. The Hall–Kier alpha value is -2.45. The molecule has 0 spiro atoms. The third-order valence-electron chi connectivity index (χ3n) is 2.34. The number of hydrogen-bond donors (Lipinski definition) is 1. The molecule has 0 fully saturated rings.